The molecule has 0 atom stereocenters. The van der Waals surface area contributed by atoms with Crippen LogP contribution in [0.4, 0.5) is 39.8 Å². The van der Waals surface area contributed by atoms with Crippen LogP contribution in [0.2, 0.25) is 0 Å². The van der Waals surface area contributed by atoms with Gasteiger partial charge in [0.25, 0.3) is 0 Å². The minimum atomic E-state index is 0.0363. The van der Waals surface area contributed by atoms with E-state index < -0.39 is 0 Å². The first-order valence-corrected chi connectivity index (χ1v) is 53.4. The molecule has 0 aliphatic heterocycles. The van der Waals surface area contributed by atoms with Crippen LogP contribution >= 0.6 is 0 Å². The molecule has 2 saturated carbocycles. The molecule has 0 amide bonds. The highest BCUT2D eigenvalue weighted by Crippen LogP contribution is 2.41. The van der Waals surface area contributed by atoms with Gasteiger partial charge >= 0.3 is 0 Å². The Balaban J connectivity index is 0.000000175. The quantitative estimate of drug-likeness (QED) is 0.0462. The Kier molecular flexibility index (Phi) is 42.6. The van der Waals surface area contributed by atoms with E-state index in [1.54, 1.807) is 0 Å². The van der Waals surface area contributed by atoms with Crippen LogP contribution < -0.4 is 0 Å². The fourth-order valence-electron chi connectivity index (χ4n) is 18.2. The van der Waals surface area contributed by atoms with Crippen molar-refractivity contribution in [2.75, 3.05) is 0 Å². The molecule has 0 bridgehead atoms. The largest absolute Gasteiger partial charge is 0.284 e. The van der Waals surface area contributed by atoms with Crippen molar-refractivity contribution in [3.8, 4) is 0 Å². The number of aromatic nitrogens is 5. The molecule has 15 rings (SSSR count). The number of hydrogen-bond donors (Lipinski definition) is 0. The summed E-state index contributed by atoms with van der Waals surface area (Å²) in [7, 11) is 0. The number of rotatable bonds is 27. The Labute approximate surface area is 881 Å². The minimum absolute atomic E-state index is 0.0363. The molecule has 8 aromatic carbocycles. The average Bonchev–Trinajstić information content (AvgIpc) is 1.27. The maximum atomic E-state index is 5.10. The smallest absolute Gasteiger partial charge is 0.0849 e. The van der Waals surface area contributed by atoms with Crippen LogP contribution in [0.15, 0.2) is 335 Å². The standard InChI is InChI=1S/C28H33N3.C27H37N3.C27H31N3.C25H33N3.C25H27N3/c1-19(2)24-14-10-15-25(20(3)4)28(24)30-22(6)27-17-11-16-26(31-27)21(5)29-18-23-12-8-7-9-13-23;2*1-18(2)23-14-10-15-24(19(3)4)27(23)29-21(6)26-17-11-16-25(30-26)20(5)28-22-12-8-7-9-13-22;2*1-18(26-20-12-7-6-8-13-20)22-16-11-17-23(28-22)19(2)27-24-15-10-9-14-21(24)25(3,4)5/h7-17,19-20H,18H2,1-6H3;10-11,14-19,22H,7-9,12-13H2,1-6H3;7-19H,1-6H3;9-11,14-17,20H,6-8,12-13H2,1-5H3;6-17H,1-5H3. The first-order valence-electron chi connectivity index (χ1n) is 53.4. The highest BCUT2D eigenvalue weighted by Gasteiger charge is 2.25. The molecule has 147 heavy (non-hydrogen) atoms. The average molecular weight is 1960 g/mol. The first kappa shape index (κ1) is 114. The second kappa shape index (κ2) is 55.1. The van der Waals surface area contributed by atoms with Crippen LogP contribution in [0.3, 0.4) is 0 Å². The Hall–Kier alpha value is -13.8. The van der Waals surface area contributed by atoms with E-state index in [9.17, 15) is 0 Å². The van der Waals surface area contributed by atoms with E-state index in [-0.39, 0.29) is 10.8 Å². The van der Waals surface area contributed by atoms with Crippen molar-refractivity contribution in [3.05, 3.63) is 392 Å². The highest BCUT2D eigenvalue weighted by molar-refractivity contribution is 6.06. The second-order valence-corrected chi connectivity index (χ2v) is 42.8. The van der Waals surface area contributed by atoms with Crippen LogP contribution in [0.5, 0.6) is 0 Å². The fourth-order valence-corrected chi connectivity index (χ4v) is 18.2. The van der Waals surface area contributed by atoms with Crippen molar-refractivity contribution in [3.63, 3.8) is 0 Å². The third-order valence-corrected chi connectivity index (χ3v) is 26.7. The normalized spacial score (nSPS) is 14.3. The highest BCUT2D eigenvalue weighted by atomic mass is 14.9. The lowest BCUT2D eigenvalue weighted by Crippen LogP contribution is -2.13. The van der Waals surface area contributed by atoms with E-state index in [1.807, 2.05) is 200 Å². The Morgan fingerprint density at radius 2 is 0.449 bits per heavy atom. The summed E-state index contributed by atoms with van der Waals surface area (Å²) in [5, 5.41) is 0. The molecule has 2 aliphatic carbocycles. The topological polar surface area (TPSA) is 188 Å². The van der Waals surface area contributed by atoms with Gasteiger partial charge in [0.05, 0.1) is 172 Å². The van der Waals surface area contributed by atoms with Gasteiger partial charge in [-0.1, -0.05) is 351 Å². The van der Waals surface area contributed by atoms with Crippen molar-refractivity contribution in [1.29, 1.82) is 0 Å². The molecule has 5 aromatic heterocycles. The molecular formula is C132H161N15. The van der Waals surface area contributed by atoms with Crippen LogP contribution in [-0.4, -0.2) is 94.1 Å². The van der Waals surface area contributed by atoms with Gasteiger partial charge in [-0.3, -0.25) is 49.9 Å². The fraction of sp³-hybridized carbons (Fsp3) is 0.371. The lowest BCUT2D eigenvalue weighted by molar-refractivity contribution is 0.443. The Morgan fingerprint density at radius 3 is 0.707 bits per heavy atom. The first-order chi connectivity index (χ1) is 70.3. The van der Waals surface area contributed by atoms with Crippen molar-refractivity contribution < 1.29 is 0 Å². The lowest BCUT2D eigenvalue weighted by Gasteiger charge is -2.21. The van der Waals surface area contributed by atoms with Gasteiger partial charge in [0, 0.05) is 0 Å². The molecule has 0 spiro atoms. The predicted octanol–water partition coefficient (Wildman–Crippen LogP) is 36.0. The molecule has 0 N–H and O–H groups in total. The molecule has 5 heterocycles. The zero-order valence-corrected chi connectivity index (χ0v) is 93.2. The monoisotopic (exact) mass is 1960 g/mol. The molecule has 2 fully saturated rings. The third kappa shape index (κ3) is 33.9. The van der Waals surface area contributed by atoms with Crippen molar-refractivity contribution in [1.82, 2.24) is 24.9 Å². The summed E-state index contributed by atoms with van der Waals surface area (Å²) in [6.07, 6.45) is 12.7. The predicted molar refractivity (Wildman–Crippen MR) is 632 cm³/mol. The zero-order valence-electron chi connectivity index (χ0n) is 93.2. The molecule has 13 aromatic rings. The third-order valence-electron chi connectivity index (χ3n) is 26.7. The van der Waals surface area contributed by atoms with Crippen molar-refractivity contribution in [2.24, 2.45) is 49.9 Å². The molecule has 764 valence electrons. The van der Waals surface area contributed by atoms with Gasteiger partial charge in [0.2, 0.25) is 0 Å². The van der Waals surface area contributed by atoms with Crippen LogP contribution in [0.25, 0.3) is 0 Å². The lowest BCUT2D eigenvalue weighted by atomic mass is 9.86. The van der Waals surface area contributed by atoms with E-state index in [1.165, 1.54) is 114 Å². The number of aliphatic imine (C=N–C) groups is 10. The molecule has 0 saturated heterocycles. The van der Waals surface area contributed by atoms with Crippen molar-refractivity contribution in [2.45, 2.75) is 323 Å². The molecule has 2 aliphatic rings. The van der Waals surface area contributed by atoms with Crippen LogP contribution in [0, 0.1) is 0 Å². The maximum absolute atomic E-state index is 5.10. The Bertz CT molecular complexity index is 6750. The molecular weight excluding hydrogens is 1800 g/mol. The Morgan fingerprint density at radius 1 is 0.231 bits per heavy atom. The maximum Gasteiger partial charge on any atom is 0.0849 e. The summed E-state index contributed by atoms with van der Waals surface area (Å²) in [6, 6.07) is 97.9. The molecule has 0 unspecified atom stereocenters. The van der Waals surface area contributed by atoms with E-state index in [2.05, 4.69) is 284 Å². The number of pyridine rings is 5. The summed E-state index contributed by atoms with van der Waals surface area (Å²) in [6.45, 7) is 61.0. The summed E-state index contributed by atoms with van der Waals surface area (Å²) in [5.41, 5.74) is 37.1. The van der Waals surface area contributed by atoms with Crippen molar-refractivity contribution >= 4 is 96.9 Å². The summed E-state index contributed by atoms with van der Waals surface area (Å²) < 4.78 is 0. The second-order valence-electron chi connectivity index (χ2n) is 42.8. The summed E-state index contributed by atoms with van der Waals surface area (Å²) in [4.78, 5) is 73.4. The van der Waals surface area contributed by atoms with E-state index >= 15 is 0 Å². The molecule has 15 nitrogen and oxygen atoms in total. The van der Waals surface area contributed by atoms with Crippen LogP contribution in [-0.2, 0) is 17.4 Å². The molecule has 0 radical (unpaired) electrons. The molecule has 15 heteroatoms. The van der Waals surface area contributed by atoms with E-state index in [0.29, 0.717) is 54.1 Å². The minimum Gasteiger partial charge on any atom is -0.284 e. The van der Waals surface area contributed by atoms with E-state index in [0.717, 1.165) is 154 Å². The van der Waals surface area contributed by atoms with Gasteiger partial charge < -0.3 is 0 Å². The number of hydrogen-bond acceptors (Lipinski definition) is 15. The number of para-hydroxylation sites is 7. The summed E-state index contributed by atoms with van der Waals surface area (Å²) in [5.74, 6) is 2.51. The van der Waals surface area contributed by atoms with Crippen LogP contribution in [0.1, 0.15) is 401 Å². The number of nitrogens with zero attached hydrogens (tertiary/aromatic N) is 15. The SMILES string of the molecule is CC(=NCc1ccccc1)c1cccc(C(C)=Nc2c(C(C)C)cccc2C(C)C)n1.CC(=Nc1c(C(C)C)cccc1C(C)C)c1cccc(C(C)=NC2CCCCC2)n1.CC(=Nc1ccccc1)c1cccc(C(C)=Nc2c(C(C)C)cccc2C(C)C)n1.CC(=Nc1ccccc1)c1cccc(C(C)=Nc2ccccc2C(C)(C)C)n1.CC(=Nc1ccccc1C(C)(C)C)c1cccc(C(C)=NC2CCCCC2)n1. The zero-order chi connectivity index (χ0) is 106. The number of benzene rings is 8. The van der Waals surface area contributed by atoms with Gasteiger partial charge in [-0.2, -0.15) is 0 Å². The van der Waals surface area contributed by atoms with E-state index in [4.69, 9.17) is 69.9 Å². The van der Waals surface area contributed by atoms with Gasteiger partial charge in [-0.15, -0.1) is 0 Å². The van der Waals surface area contributed by atoms with Gasteiger partial charge in [0.1, 0.15) is 0 Å². The van der Waals surface area contributed by atoms with Gasteiger partial charge in [-0.25, -0.2) is 24.9 Å². The summed E-state index contributed by atoms with van der Waals surface area (Å²) >= 11 is 0. The van der Waals surface area contributed by atoms with Gasteiger partial charge in [-0.05, 0) is 288 Å². The van der Waals surface area contributed by atoms with Gasteiger partial charge in [0.15, 0.2) is 0 Å².